The van der Waals surface area contributed by atoms with Crippen LogP contribution in [0.4, 0.5) is 4.39 Å². The van der Waals surface area contributed by atoms with Crippen molar-refractivity contribution in [2.45, 2.75) is 44.4 Å². The number of piperidine rings is 1. The molecule has 1 aromatic rings. The van der Waals surface area contributed by atoms with E-state index in [1.165, 1.54) is 24.3 Å². The van der Waals surface area contributed by atoms with E-state index in [-0.39, 0.29) is 17.6 Å². The lowest BCUT2D eigenvalue weighted by Crippen LogP contribution is -2.43. The normalized spacial score (nSPS) is 21.5. The minimum absolute atomic E-state index is 0.0379. The molecular weight excluding hydrogens is 265 g/mol. The summed E-state index contributed by atoms with van der Waals surface area (Å²) in [6.07, 6.45) is 3.82. The number of hydrogen-bond acceptors (Lipinski definition) is 2. The van der Waals surface area contributed by atoms with E-state index < -0.39 is 10.0 Å². The van der Waals surface area contributed by atoms with Gasteiger partial charge in [-0.1, -0.05) is 25.5 Å². The zero-order valence-corrected chi connectivity index (χ0v) is 12.0. The van der Waals surface area contributed by atoms with Crippen LogP contribution in [0.5, 0.6) is 0 Å². The second-order valence-corrected chi connectivity index (χ2v) is 6.97. The van der Waals surface area contributed by atoms with Crippen molar-refractivity contribution in [1.82, 2.24) is 4.31 Å². The Morgan fingerprint density at radius 1 is 1.26 bits per heavy atom. The van der Waals surface area contributed by atoms with E-state index in [4.69, 9.17) is 0 Å². The third-order valence-corrected chi connectivity index (χ3v) is 5.56. The molecule has 1 aromatic carbocycles. The van der Waals surface area contributed by atoms with Crippen LogP contribution in [-0.2, 0) is 15.8 Å². The first kappa shape index (κ1) is 14.5. The summed E-state index contributed by atoms with van der Waals surface area (Å²) in [7, 11) is -3.30. The second-order valence-electron chi connectivity index (χ2n) is 5.05. The summed E-state index contributed by atoms with van der Waals surface area (Å²) in [5, 5.41) is 0. The average molecular weight is 285 g/mol. The third kappa shape index (κ3) is 3.54. The zero-order valence-electron chi connectivity index (χ0n) is 11.2. The third-order valence-electron chi connectivity index (χ3n) is 3.66. The predicted molar refractivity (Wildman–Crippen MR) is 73.7 cm³/mol. The van der Waals surface area contributed by atoms with Gasteiger partial charge in [0.25, 0.3) is 0 Å². The van der Waals surface area contributed by atoms with Crippen LogP contribution in [0, 0.1) is 5.82 Å². The van der Waals surface area contributed by atoms with Gasteiger partial charge in [-0.15, -0.1) is 0 Å². The first-order valence-electron chi connectivity index (χ1n) is 6.77. The molecule has 5 heteroatoms. The molecule has 0 N–H and O–H groups in total. The maximum absolute atomic E-state index is 12.8. The number of nitrogens with zero attached hydrogens (tertiary/aromatic N) is 1. The van der Waals surface area contributed by atoms with Gasteiger partial charge in [-0.3, -0.25) is 0 Å². The Hall–Kier alpha value is -0.940. The summed E-state index contributed by atoms with van der Waals surface area (Å²) in [4.78, 5) is 0. The molecule has 1 aliphatic rings. The van der Waals surface area contributed by atoms with Crippen LogP contribution < -0.4 is 0 Å². The summed E-state index contributed by atoms with van der Waals surface area (Å²) in [6, 6.07) is 5.81. The van der Waals surface area contributed by atoms with Crippen molar-refractivity contribution in [3.63, 3.8) is 0 Å². The van der Waals surface area contributed by atoms with Gasteiger partial charge in [0.05, 0.1) is 5.75 Å². The van der Waals surface area contributed by atoms with Crippen LogP contribution in [0.1, 0.15) is 38.2 Å². The molecule has 0 amide bonds. The van der Waals surface area contributed by atoms with Crippen molar-refractivity contribution in [3.8, 4) is 0 Å². The largest absolute Gasteiger partial charge is 0.218 e. The lowest BCUT2D eigenvalue weighted by Gasteiger charge is -2.34. The van der Waals surface area contributed by atoms with Gasteiger partial charge in [-0.25, -0.2) is 12.8 Å². The average Bonchev–Trinajstić information content (AvgIpc) is 2.41. The van der Waals surface area contributed by atoms with Crippen LogP contribution in [0.25, 0.3) is 0 Å². The summed E-state index contributed by atoms with van der Waals surface area (Å²) >= 11 is 0. The van der Waals surface area contributed by atoms with Gasteiger partial charge >= 0.3 is 0 Å². The van der Waals surface area contributed by atoms with E-state index >= 15 is 0 Å². The highest BCUT2D eigenvalue weighted by molar-refractivity contribution is 7.88. The highest BCUT2D eigenvalue weighted by Crippen LogP contribution is 2.24. The topological polar surface area (TPSA) is 37.4 Å². The molecule has 0 aliphatic carbocycles. The van der Waals surface area contributed by atoms with Crippen LogP contribution in [-0.4, -0.2) is 25.3 Å². The van der Waals surface area contributed by atoms with Crippen molar-refractivity contribution < 1.29 is 12.8 Å². The molecule has 0 radical (unpaired) electrons. The van der Waals surface area contributed by atoms with Gasteiger partial charge in [0, 0.05) is 12.6 Å². The molecule has 1 aliphatic heterocycles. The van der Waals surface area contributed by atoms with E-state index in [0.717, 1.165) is 25.7 Å². The first-order valence-corrected chi connectivity index (χ1v) is 8.38. The second kappa shape index (κ2) is 6.01. The summed E-state index contributed by atoms with van der Waals surface area (Å²) < 4.78 is 39.4. The van der Waals surface area contributed by atoms with Gasteiger partial charge in [-0.2, -0.15) is 4.31 Å². The first-order chi connectivity index (χ1) is 9.03. The van der Waals surface area contributed by atoms with Crippen LogP contribution in [0.3, 0.4) is 0 Å². The Labute approximate surface area is 114 Å². The SMILES string of the molecule is CCC1CCCCN1S(=O)(=O)Cc1ccc(F)cc1. The predicted octanol–water partition coefficient (Wildman–Crippen LogP) is 2.92. The Morgan fingerprint density at radius 3 is 2.58 bits per heavy atom. The molecule has 106 valence electrons. The van der Waals surface area contributed by atoms with E-state index in [2.05, 4.69) is 0 Å². The quantitative estimate of drug-likeness (QED) is 0.853. The van der Waals surface area contributed by atoms with Crippen molar-refractivity contribution in [3.05, 3.63) is 35.6 Å². The number of hydrogen-bond donors (Lipinski definition) is 0. The van der Waals surface area contributed by atoms with Crippen LogP contribution in [0.2, 0.25) is 0 Å². The van der Waals surface area contributed by atoms with Gasteiger partial charge in [0.15, 0.2) is 0 Å². The maximum atomic E-state index is 12.8. The fraction of sp³-hybridized carbons (Fsp3) is 0.571. The standard InChI is InChI=1S/C14H20FNO2S/c1-2-14-5-3-4-10-16(14)19(17,18)11-12-6-8-13(15)9-7-12/h6-9,14H,2-5,10-11H2,1H3. The minimum Gasteiger partial charge on any atom is -0.212 e. The van der Waals surface area contributed by atoms with Crippen molar-refractivity contribution in [2.75, 3.05) is 6.54 Å². The fourth-order valence-electron chi connectivity index (χ4n) is 2.62. The number of benzene rings is 1. The van der Waals surface area contributed by atoms with Crippen LogP contribution >= 0.6 is 0 Å². The Bertz CT molecular complexity index is 513. The van der Waals surface area contributed by atoms with E-state index in [1.54, 1.807) is 4.31 Å². The molecule has 3 nitrogen and oxygen atoms in total. The van der Waals surface area contributed by atoms with E-state index in [1.807, 2.05) is 6.92 Å². The molecule has 19 heavy (non-hydrogen) atoms. The molecule has 0 aromatic heterocycles. The summed E-state index contributed by atoms with van der Waals surface area (Å²) in [5.74, 6) is -0.380. The lowest BCUT2D eigenvalue weighted by atomic mass is 10.0. The zero-order chi connectivity index (χ0) is 13.9. The van der Waals surface area contributed by atoms with Gasteiger partial charge in [0.1, 0.15) is 5.82 Å². The molecule has 1 unspecified atom stereocenters. The highest BCUT2D eigenvalue weighted by Gasteiger charge is 2.31. The van der Waals surface area contributed by atoms with Gasteiger partial charge in [-0.05, 0) is 37.0 Å². The van der Waals surface area contributed by atoms with Gasteiger partial charge in [0.2, 0.25) is 10.0 Å². The highest BCUT2D eigenvalue weighted by atomic mass is 32.2. The molecule has 2 rings (SSSR count). The summed E-state index contributed by atoms with van der Waals surface area (Å²) in [6.45, 7) is 2.64. The molecule has 0 spiro atoms. The smallest absolute Gasteiger partial charge is 0.212 e. The molecule has 0 saturated carbocycles. The Morgan fingerprint density at radius 2 is 1.95 bits per heavy atom. The van der Waals surface area contributed by atoms with Gasteiger partial charge < -0.3 is 0 Å². The lowest BCUT2D eigenvalue weighted by molar-refractivity contribution is 0.246. The molecule has 1 atom stereocenters. The Balaban J connectivity index is 2.14. The molecule has 1 heterocycles. The van der Waals surface area contributed by atoms with Crippen LogP contribution in [0.15, 0.2) is 24.3 Å². The maximum Gasteiger partial charge on any atom is 0.218 e. The van der Waals surface area contributed by atoms with Crippen molar-refractivity contribution >= 4 is 10.0 Å². The minimum atomic E-state index is -3.30. The molecule has 0 bridgehead atoms. The number of rotatable bonds is 4. The summed E-state index contributed by atoms with van der Waals surface area (Å²) in [5.41, 5.74) is 0.641. The number of halogens is 1. The van der Waals surface area contributed by atoms with E-state index in [0.29, 0.717) is 12.1 Å². The van der Waals surface area contributed by atoms with Crippen molar-refractivity contribution in [2.24, 2.45) is 0 Å². The van der Waals surface area contributed by atoms with Crippen molar-refractivity contribution in [1.29, 1.82) is 0 Å². The Kier molecular flexibility index (Phi) is 4.58. The number of sulfonamides is 1. The molecule has 1 fully saturated rings. The molecule has 1 saturated heterocycles. The van der Waals surface area contributed by atoms with E-state index in [9.17, 15) is 12.8 Å². The fourth-order valence-corrected chi connectivity index (χ4v) is 4.52. The monoisotopic (exact) mass is 285 g/mol. The molecular formula is C14H20FNO2S.